The summed E-state index contributed by atoms with van der Waals surface area (Å²) in [4.78, 5) is 2.51. The molecule has 3 atom stereocenters. The summed E-state index contributed by atoms with van der Waals surface area (Å²) < 4.78 is 0. The Balaban J connectivity index is 1.78. The van der Waals surface area contributed by atoms with E-state index in [2.05, 4.69) is 24.1 Å². The number of phenols is 2. The lowest BCUT2D eigenvalue weighted by Crippen LogP contribution is -2.48. The third-order valence-corrected chi connectivity index (χ3v) is 5.19. The van der Waals surface area contributed by atoms with Crippen LogP contribution in [0.25, 0.3) is 0 Å². The van der Waals surface area contributed by atoms with E-state index in [0.29, 0.717) is 18.1 Å². The van der Waals surface area contributed by atoms with Crippen LogP contribution >= 0.6 is 0 Å². The molecule has 21 heavy (non-hydrogen) atoms. The van der Waals surface area contributed by atoms with Crippen LogP contribution in [0.1, 0.15) is 51.1 Å². The van der Waals surface area contributed by atoms with Gasteiger partial charge in [0.1, 0.15) is 11.5 Å². The molecule has 1 aromatic rings. The summed E-state index contributed by atoms with van der Waals surface area (Å²) in [5.41, 5.74) is 0.986. The molecule has 3 N–H and O–H groups in total. The number of rotatable bonds is 4. The van der Waals surface area contributed by atoms with Gasteiger partial charge in [-0.3, -0.25) is 4.90 Å². The Morgan fingerprint density at radius 3 is 2.24 bits per heavy atom. The summed E-state index contributed by atoms with van der Waals surface area (Å²) in [5.74, 6) is 0.275. The molecule has 0 radical (unpaired) electrons. The predicted molar refractivity (Wildman–Crippen MR) is 83.5 cm³/mol. The Hall–Kier alpha value is -1.26. The maximum atomic E-state index is 9.71. The van der Waals surface area contributed by atoms with Crippen molar-refractivity contribution >= 4 is 0 Å². The zero-order valence-electron chi connectivity index (χ0n) is 12.9. The van der Waals surface area contributed by atoms with Crippen molar-refractivity contribution in [3.63, 3.8) is 0 Å². The van der Waals surface area contributed by atoms with E-state index >= 15 is 0 Å². The lowest BCUT2D eigenvalue weighted by Gasteiger charge is -2.40. The minimum absolute atomic E-state index is 0.137. The van der Waals surface area contributed by atoms with Gasteiger partial charge in [-0.2, -0.15) is 0 Å². The molecule has 0 saturated carbocycles. The standard InChI is InChI=1S/C17H26N2O2/c1-3-19(15-8-13-4-5-14(9-15)18-13)11(2)12-6-16(20)10-17(21)7-12/h6-7,10-11,13-15,18,20-21H,3-5,8-9H2,1-2H3. The second-order valence-corrected chi connectivity index (χ2v) is 6.55. The average molecular weight is 290 g/mol. The third-order valence-electron chi connectivity index (χ3n) is 5.19. The average Bonchev–Trinajstić information content (AvgIpc) is 2.77. The van der Waals surface area contributed by atoms with Crippen LogP contribution in [0.15, 0.2) is 18.2 Å². The Morgan fingerprint density at radius 1 is 1.14 bits per heavy atom. The molecule has 4 nitrogen and oxygen atoms in total. The number of piperidine rings is 1. The smallest absolute Gasteiger partial charge is 0.119 e. The predicted octanol–water partition coefficient (Wildman–Crippen LogP) is 2.76. The van der Waals surface area contributed by atoms with Crippen molar-refractivity contribution in [2.75, 3.05) is 6.54 Å². The summed E-state index contributed by atoms with van der Waals surface area (Å²) in [5, 5.41) is 23.1. The van der Waals surface area contributed by atoms with Crippen molar-refractivity contribution in [2.24, 2.45) is 0 Å². The van der Waals surface area contributed by atoms with E-state index in [4.69, 9.17) is 0 Å². The molecule has 0 amide bonds. The molecule has 2 saturated heterocycles. The molecule has 2 aliphatic heterocycles. The molecule has 3 unspecified atom stereocenters. The first kappa shape index (κ1) is 14.7. The molecule has 116 valence electrons. The molecule has 2 aliphatic rings. The topological polar surface area (TPSA) is 55.7 Å². The van der Waals surface area contributed by atoms with E-state index in [1.54, 1.807) is 12.1 Å². The van der Waals surface area contributed by atoms with Crippen LogP contribution in [0.5, 0.6) is 11.5 Å². The molecule has 0 aliphatic carbocycles. The van der Waals surface area contributed by atoms with Gasteiger partial charge >= 0.3 is 0 Å². The largest absolute Gasteiger partial charge is 0.508 e. The van der Waals surface area contributed by atoms with Crippen LogP contribution in [0, 0.1) is 0 Å². The van der Waals surface area contributed by atoms with Crippen molar-refractivity contribution < 1.29 is 10.2 Å². The fraction of sp³-hybridized carbons (Fsp3) is 0.647. The third kappa shape index (κ3) is 3.01. The van der Waals surface area contributed by atoms with E-state index in [9.17, 15) is 10.2 Å². The summed E-state index contributed by atoms with van der Waals surface area (Å²) in [6.45, 7) is 5.35. The van der Waals surface area contributed by atoms with Gasteiger partial charge in [0.25, 0.3) is 0 Å². The number of hydrogen-bond donors (Lipinski definition) is 3. The lowest BCUT2D eigenvalue weighted by molar-refractivity contribution is 0.107. The van der Waals surface area contributed by atoms with Crippen molar-refractivity contribution in [1.29, 1.82) is 0 Å². The van der Waals surface area contributed by atoms with Gasteiger partial charge in [-0.05, 0) is 56.8 Å². The molecule has 0 spiro atoms. The van der Waals surface area contributed by atoms with Crippen LogP contribution in [-0.4, -0.2) is 39.8 Å². The summed E-state index contributed by atoms with van der Waals surface area (Å²) in [6.07, 6.45) is 5.03. The Labute approximate surface area is 126 Å². The van der Waals surface area contributed by atoms with Gasteiger partial charge < -0.3 is 15.5 Å². The van der Waals surface area contributed by atoms with Gasteiger partial charge in [0, 0.05) is 30.2 Å². The maximum absolute atomic E-state index is 9.71. The zero-order valence-corrected chi connectivity index (χ0v) is 12.9. The Morgan fingerprint density at radius 2 is 1.71 bits per heavy atom. The second kappa shape index (κ2) is 5.85. The molecular weight excluding hydrogens is 264 g/mol. The summed E-state index contributed by atoms with van der Waals surface area (Å²) in [6, 6.07) is 7.06. The first-order valence-electron chi connectivity index (χ1n) is 8.11. The van der Waals surface area contributed by atoms with E-state index in [-0.39, 0.29) is 17.5 Å². The minimum Gasteiger partial charge on any atom is -0.508 e. The van der Waals surface area contributed by atoms with E-state index in [1.165, 1.54) is 31.7 Å². The van der Waals surface area contributed by atoms with Gasteiger partial charge in [0.05, 0.1) is 0 Å². The highest BCUT2D eigenvalue weighted by Gasteiger charge is 2.37. The first-order chi connectivity index (χ1) is 10.1. The molecule has 1 aromatic carbocycles. The second-order valence-electron chi connectivity index (χ2n) is 6.55. The van der Waals surface area contributed by atoms with Crippen LogP contribution < -0.4 is 5.32 Å². The SMILES string of the molecule is CCN(C1CC2CCC(C1)N2)C(C)c1cc(O)cc(O)c1. The highest BCUT2D eigenvalue weighted by Crippen LogP contribution is 2.35. The first-order valence-corrected chi connectivity index (χ1v) is 8.11. The monoisotopic (exact) mass is 290 g/mol. The Bertz CT molecular complexity index is 473. The number of fused-ring (bicyclic) bond motifs is 2. The fourth-order valence-corrected chi connectivity index (χ4v) is 4.20. The van der Waals surface area contributed by atoms with E-state index in [0.717, 1.165) is 12.1 Å². The van der Waals surface area contributed by atoms with Crippen molar-refractivity contribution in [3.05, 3.63) is 23.8 Å². The van der Waals surface area contributed by atoms with Gasteiger partial charge in [0.15, 0.2) is 0 Å². The molecule has 2 bridgehead atoms. The quantitative estimate of drug-likeness (QED) is 0.798. The number of benzene rings is 1. The molecular formula is C17H26N2O2. The fourth-order valence-electron chi connectivity index (χ4n) is 4.20. The number of nitrogens with one attached hydrogen (secondary N) is 1. The van der Waals surface area contributed by atoms with Gasteiger partial charge in [-0.25, -0.2) is 0 Å². The lowest BCUT2D eigenvalue weighted by atomic mass is 9.95. The number of hydrogen-bond acceptors (Lipinski definition) is 4. The summed E-state index contributed by atoms with van der Waals surface area (Å²) >= 11 is 0. The summed E-state index contributed by atoms with van der Waals surface area (Å²) in [7, 11) is 0. The van der Waals surface area contributed by atoms with Crippen LogP contribution in [0.3, 0.4) is 0 Å². The van der Waals surface area contributed by atoms with Crippen molar-refractivity contribution in [1.82, 2.24) is 10.2 Å². The minimum atomic E-state index is 0.137. The maximum Gasteiger partial charge on any atom is 0.119 e. The van der Waals surface area contributed by atoms with E-state index < -0.39 is 0 Å². The zero-order chi connectivity index (χ0) is 15.0. The van der Waals surface area contributed by atoms with Crippen LogP contribution in [0.2, 0.25) is 0 Å². The normalized spacial score (nSPS) is 29.8. The van der Waals surface area contributed by atoms with E-state index in [1.807, 2.05) is 0 Å². The van der Waals surface area contributed by atoms with Gasteiger partial charge in [-0.15, -0.1) is 0 Å². The molecule has 2 fully saturated rings. The van der Waals surface area contributed by atoms with Gasteiger partial charge in [0.2, 0.25) is 0 Å². The van der Waals surface area contributed by atoms with Gasteiger partial charge in [-0.1, -0.05) is 6.92 Å². The van der Waals surface area contributed by atoms with Crippen LogP contribution in [0.4, 0.5) is 0 Å². The molecule has 0 aromatic heterocycles. The van der Waals surface area contributed by atoms with Crippen molar-refractivity contribution in [2.45, 2.75) is 63.7 Å². The Kier molecular flexibility index (Phi) is 4.09. The molecule has 2 heterocycles. The van der Waals surface area contributed by atoms with Crippen LogP contribution in [-0.2, 0) is 0 Å². The molecule has 4 heteroatoms. The highest BCUT2D eigenvalue weighted by atomic mass is 16.3. The molecule has 3 rings (SSSR count). The van der Waals surface area contributed by atoms with Crippen molar-refractivity contribution in [3.8, 4) is 11.5 Å². The number of nitrogens with zero attached hydrogens (tertiary/aromatic N) is 1. The number of aromatic hydroxyl groups is 2. The highest BCUT2D eigenvalue weighted by molar-refractivity contribution is 5.38. The number of phenolic OH excluding ortho intramolecular Hbond substituents is 2.